The van der Waals surface area contributed by atoms with Crippen LogP contribution >= 0.6 is 15.6 Å². The molecule has 17 nitrogen and oxygen atoms in total. The van der Waals surface area contributed by atoms with Crippen LogP contribution in [0.5, 0.6) is 0 Å². The van der Waals surface area contributed by atoms with Crippen LogP contribution in [0.3, 0.4) is 0 Å². The van der Waals surface area contributed by atoms with Crippen LogP contribution in [-0.4, -0.2) is 96.7 Å². The fraction of sp³-hybridized carbons (Fsp3) is 0.893. The second kappa shape index (κ2) is 66.4. The predicted octanol–water partition coefficient (Wildman–Crippen LogP) is 21.5. The Hall–Kier alpha value is -2.46. The van der Waals surface area contributed by atoms with Gasteiger partial charge in [0.15, 0.2) is 12.2 Å². The summed E-state index contributed by atoms with van der Waals surface area (Å²) in [7, 11) is -9.92. The molecule has 0 amide bonds. The van der Waals surface area contributed by atoms with Gasteiger partial charge >= 0.3 is 39.5 Å². The zero-order valence-electron chi connectivity index (χ0n) is 60.7. The Balaban J connectivity index is 5.28. The fourth-order valence-corrected chi connectivity index (χ4v) is 12.5. The maximum atomic E-state index is 13.1. The molecule has 0 radical (unpaired) electrons. The number of aliphatic hydroxyl groups is 1. The summed E-state index contributed by atoms with van der Waals surface area (Å²) in [5.41, 5.74) is 0. The van der Waals surface area contributed by atoms with Gasteiger partial charge in [0.25, 0.3) is 0 Å². The Morgan fingerprint density at radius 2 is 0.628 bits per heavy atom. The smallest absolute Gasteiger partial charge is 0.462 e. The summed E-state index contributed by atoms with van der Waals surface area (Å²) in [5, 5.41) is 10.6. The number of phosphoric ester groups is 2. The molecule has 0 aliphatic heterocycles. The highest BCUT2D eigenvalue weighted by atomic mass is 31.2. The molecule has 3 N–H and O–H groups in total. The number of phosphoric acid groups is 2. The Morgan fingerprint density at radius 1 is 0.351 bits per heavy atom. The van der Waals surface area contributed by atoms with Crippen LogP contribution < -0.4 is 0 Å². The van der Waals surface area contributed by atoms with Gasteiger partial charge in [-0.2, -0.15) is 0 Å². The number of ether oxygens (including phenoxy) is 4. The molecule has 19 heteroatoms. The van der Waals surface area contributed by atoms with Crippen molar-refractivity contribution in [2.75, 3.05) is 39.6 Å². The Kier molecular flexibility index (Phi) is 64.7. The standard InChI is InChI=1S/C75H142O17P2/c1-7-10-12-14-16-18-19-20-21-24-27-34-40-46-52-58-73(78)86-64-71(91-74(79)59-53-47-41-35-28-25-22-23-26-32-37-43-49-55-67(4)5)66-90-94(83,84)88-62-69(76)61-87-93(81,82)89-65-70(63-85-72(77)57-51-45-39-31-17-15-13-11-8-2)92-75(80)60-54-48-42-36-30-29-33-38-44-50-56-68(6)9-3/h18-21,67-71,76H,7-17,22-66H2,1-6H3,(H,81,82)(H,83,84)/b19-18-,21-20-/t68?,69-,70+,71+/m0/s1. The summed E-state index contributed by atoms with van der Waals surface area (Å²) in [5.74, 6) is -0.562. The van der Waals surface area contributed by atoms with Crippen molar-refractivity contribution in [3.8, 4) is 0 Å². The van der Waals surface area contributed by atoms with E-state index in [0.29, 0.717) is 25.7 Å². The van der Waals surface area contributed by atoms with Gasteiger partial charge in [0.1, 0.15) is 19.3 Å². The van der Waals surface area contributed by atoms with Crippen molar-refractivity contribution in [2.45, 2.75) is 381 Å². The molecule has 0 aromatic rings. The third-order valence-corrected chi connectivity index (χ3v) is 19.1. The lowest BCUT2D eigenvalue weighted by atomic mass is 9.99. The van der Waals surface area contributed by atoms with Gasteiger partial charge < -0.3 is 33.8 Å². The molecule has 554 valence electrons. The van der Waals surface area contributed by atoms with E-state index in [4.69, 9.17) is 37.0 Å². The molecule has 0 aromatic carbocycles. The Labute approximate surface area is 573 Å². The van der Waals surface area contributed by atoms with Gasteiger partial charge in [-0.05, 0) is 63.2 Å². The van der Waals surface area contributed by atoms with E-state index in [-0.39, 0.29) is 25.7 Å². The molecule has 0 saturated heterocycles. The van der Waals surface area contributed by atoms with Crippen LogP contribution in [0.2, 0.25) is 0 Å². The maximum absolute atomic E-state index is 13.1. The van der Waals surface area contributed by atoms with E-state index >= 15 is 0 Å². The highest BCUT2D eigenvalue weighted by Gasteiger charge is 2.30. The maximum Gasteiger partial charge on any atom is 0.472 e. The first-order valence-corrected chi connectivity index (χ1v) is 41.3. The van der Waals surface area contributed by atoms with E-state index in [2.05, 4.69) is 65.8 Å². The first-order chi connectivity index (χ1) is 45.4. The second-order valence-corrected chi connectivity index (χ2v) is 30.0. The number of esters is 4. The van der Waals surface area contributed by atoms with Crippen LogP contribution in [0.25, 0.3) is 0 Å². The van der Waals surface area contributed by atoms with Crippen molar-refractivity contribution in [2.24, 2.45) is 11.8 Å². The third-order valence-electron chi connectivity index (χ3n) is 17.2. The normalized spacial score (nSPS) is 14.5. The van der Waals surface area contributed by atoms with Crippen molar-refractivity contribution in [3.05, 3.63) is 24.3 Å². The molecule has 0 rings (SSSR count). The Bertz CT molecular complexity index is 1920. The van der Waals surface area contributed by atoms with Crippen LogP contribution in [-0.2, 0) is 65.4 Å². The quantitative estimate of drug-likeness (QED) is 0.0169. The monoisotopic (exact) mass is 1380 g/mol. The average Bonchev–Trinajstić information content (AvgIpc) is 1.71. The molecule has 94 heavy (non-hydrogen) atoms. The van der Waals surface area contributed by atoms with Gasteiger partial charge in [0.2, 0.25) is 0 Å². The summed E-state index contributed by atoms with van der Waals surface area (Å²) in [6.07, 6.45) is 56.1. The molecular formula is C75H142O17P2. The number of carbonyl (C=O) groups excluding carboxylic acids is 4. The summed E-state index contributed by atoms with van der Waals surface area (Å²) in [6, 6.07) is 0. The first kappa shape index (κ1) is 91.5. The van der Waals surface area contributed by atoms with Gasteiger partial charge in [-0.25, -0.2) is 9.13 Å². The van der Waals surface area contributed by atoms with E-state index in [1.165, 1.54) is 161 Å². The van der Waals surface area contributed by atoms with Crippen molar-refractivity contribution >= 4 is 39.5 Å². The number of hydrogen-bond donors (Lipinski definition) is 3. The number of carbonyl (C=O) groups is 4. The van der Waals surface area contributed by atoms with Crippen LogP contribution in [0.4, 0.5) is 0 Å². The molecule has 0 aliphatic rings. The van der Waals surface area contributed by atoms with Crippen molar-refractivity contribution in [3.63, 3.8) is 0 Å². The van der Waals surface area contributed by atoms with Gasteiger partial charge in [-0.3, -0.25) is 37.3 Å². The van der Waals surface area contributed by atoms with Gasteiger partial charge in [-0.15, -0.1) is 0 Å². The second-order valence-electron chi connectivity index (χ2n) is 27.1. The molecule has 0 heterocycles. The minimum atomic E-state index is -4.96. The van der Waals surface area contributed by atoms with Gasteiger partial charge in [0, 0.05) is 25.7 Å². The lowest BCUT2D eigenvalue weighted by molar-refractivity contribution is -0.161. The van der Waals surface area contributed by atoms with Gasteiger partial charge in [0.05, 0.1) is 26.4 Å². The van der Waals surface area contributed by atoms with Gasteiger partial charge in [-0.1, -0.05) is 310 Å². The zero-order valence-corrected chi connectivity index (χ0v) is 62.5. The molecule has 0 bridgehead atoms. The first-order valence-electron chi connectivity index (χ1n) is 38.3. The van der Waals surface area contributed by atoms with E-state index in [1.807, 2.05) is 0 Å². The molecule has 0 aliphatic carbocycles. The number of aliphatic hydroxyl groups excluding tert-OH is 1. The fourth-order valence-electron chi connectivity index (χ4n) is 10.9. The van der Waals surface area contributed by atoms with E-state index < -0.39 is 97.5 Å². The molecule has 0 aromatic heterocycles. The molecule has 0 spiro atoms. The minimum absolute atomic E-state index is 0.100. The summed E-state index contributed by atoms with van der Waals surface area (Å²) in [4.78, 5) is 72.7. The van der Waals surface area contributed by atoms with Crippen molar-refractivity contribution in [1.82, 2.24) is 0 Å². The van der Waals surface area contributed by atoms with Crippen LogP contribution in [0.15, 0.2) is 24.3 Å². The summed E-state index contributed by atoms with van der Waals surface area (Å²) < 4.78 is 68.4. The predicted molar refractivity (Wildman–Crippen MR) is 381 cm³/mol. The molecule has 0 saturated carbocycles. The summed E-state index contributed by atoms with van der Waals surface area (Å²) >= 11 is 0. The number of hydrogen-bond acceptors (Lipinski definition) is 15. The SMILES string of the molecule is CCCCCC/C=C\C=C/CCCCCCCC(=O)OC[C@H](COP(=O)(O)OC[C@@H](O)COP(=O)(O)OC[C@@H](COC(=O)CCCCCCCCCCC)OC(=O)CCCCCCCCCCCCC(C)CC)OC(=O)CCCCCCCCCCCCCCCC(C)C. The van der Waals surface area contributed by atoms with Crippen molar-refractivity contribution < 1.29 is 80.2 Å². The highest BCUT2D eigenvalue weighted by molar-refractivity contribution is 7.47. The minimum Gasteiger partial charge on any atom is -0.462 e. The largest absolute Gasteiger partial charge is 0.472 e. The number of allylic oxidation sites excluding steroid dienone is 4. The number of unbranched alkanes of at least 4 members (excludes halogenated alkanes) is 38. The Morgan fingerprint density at radius 3 is 0.957 bits per heavy atom. The third kappa shape index (κ3) is 66.8. The van der Waals surface area contributed by atoms with E-state index in [9.17, 15) is 43.2 Å². The number of rotatable bonds is 72. The van der Waals surface area contributed by atoms with Crippen molar-refractivity contribution in [1.29, 1.82) is 0 Å². The molecular weight excluding hydrogens is 1230 g/mol. The lowest BCUT2D eigenvalue weighted by Crippen LogP contribution is -2.30. The van der Waals surface area contributed by atoms with E-state index in [0.717, 1.165) is 121 Å². The zero-order chi connectivity index (χ0) is 69.3. The molecule has 6 atom stereocenters. The topological polar surface area (TPSA) is 237 Å². The van der Waals surface area contributed by atoms with Crippen LogP contribution in [0, 0.1) is 11.8 Å². The van der Waals surface area contributed by atoms with Crippen LogP contribution in [0.1, 0.15) is 363 Å². The highest BCUT2D eigenvalue weighted by Crippen LogP contribution is 2.45. The molecule has 3 unspecified atom stereocenters. The summed E-state index contributed by atoms with van der Waals surface area (Å²) in [6.45, 7) is 9.54. The average molecular weight is 1380 g/mol. The molecule has 0 fully saturated rings. The van der Waals surface area contributed by atoms with E-state index in [1.54, 1.807) is 0 Å². The lowest BCUT2D eigenvalue weighted by Gasteiger charge is -2.21.